The highest BCUT2D eigenvalue weighted by molar-refractivity contribution is 5.14. The molecule has 0 radical (unpaired) electrons. The minimum Gasteiger partial charge on any atom is -0.328 e. The van der Waals surface area contributed by atoms with Gasteiger partial charge in [0, 0.05) is 6.04 Å². The van der Waals surface area contributed by atoms with Crippen molar-refractivity contribution in [3.8, 4) is 0 Å². The van der Waals surface area contributed by atoms with Gasteiger partial charge < -0.3 is 5.73 Å². The zero-order chi connectivity index (χ0) is 11.4. The lowest BCUT2D eigenvalue weighted by atomic mass is 9.95. The molecule has 2 rings (SSSR count). The molecule has 1 aliphatic carbocycles. The predicted molar refractivity (Wildman–Crippen MR) is 65.0 cm³/mol. The first-order chi connectivity index (χ1) is 7.68. The van der Waals surface area contributed by atoms with E-state index < -0.39 is 5.67 Å². The molecular weight excluding hydrogens is 201 g/mol. The number of rotatable bonds is 4. The van der Waals surface area contributed by atoms with E-state index in [4.69, 9.17) is 5.73 Å². The number of halogens is 1. The van der Waals surface area contributed by atoms with Gasteiger partial charge in [0.25, 0.3) is 0 Å². The fraction of sp³-hybridized carbons (Fsp3) is 0.571. The van der Waals surface area contributed by atoms with Crippen LogP contribution in [-0.2, 0) is 6.42 Å². The average molecular weight is 221 g/mol. The molecule has 1 aliphatic rings. The van der Waals surface area contributed by atoms with Crippen molar-refractivity contribution in [2.45, 2.75) is 50.2 Å². The summed E-state index contributed by atoms with van der Waals surface area (Å²) in [5.74, 6) is 0. The first-order valence-corrected chi connectivity index (χ1v) is 6.16. The van der Waals surface area contributed by atoms with Gasteiger partial charge in [-0.3, -0.25) is 0 Å². The van der Waals surface area contributed by atoms with Crippen molar-refractivity contribution < 1.29 is 4.39 Å². The fourth-order valence-electron chi connectivity index (χ4n) is 2.60. The number of hydrogen-bond donors (Lipinski definition) is 1. The van der Waals surface area contributed by atoms with Crippen LogP contribution in [0.25, 0.3) is 0 Å². The molecule has 0 aromatic heterocycles. The number of aryl methyl sites for hydroxylation is 1. The summed E-state index contributed by atoms with van der Waals surface area (Å²) >= 11 is 0. The van der Waals surface area contributed by atoms with E-state index in [1.807, 2.05) is 18.2 Å². The monoisotopic (exact) mass is 221 g/mol. The van der Waals surface area contributed by atoms with Crippen molar-refractivity contribution in [3.63, 3.8) is 0 Å². The lowest BCUT2D eigenvalue weighted by Crippen LogP contribution is -2.23. The van der Waals surface area contributed by atoms with Crippen molar-refractivity contribution >= 4 is 0 Å². The van der Waals surface area contributed by atoms with E-state index in [-0.39, 0.29) is 6.04 Å². The molecule has 0 amide bonds. The van der Waals surface area contributed by atoms with Gasteiger partial charge in [-0.25, -0.2) is 4.39 Å². The largest absolute Gasteiger partial charge is 0.328 e. The zero-order valence-corrected chi connectivity index (χ0v) is 9.66. The third-order valence-corrected chi connectivity index (χ3v) is 3.52. The van der Waals surface area contributed by atoms with Crippen LogP contribution in [0.5, 0.6) is 0 Å². The molecule has 0 aliphatic heterocycles. The Bertz CT molecular complexity index is 325. The van der Waals surface area contributed by atoms with Crippen LogP contribution < -0.4 is 5.73 Å². The molecule has 0 heterocycles. The highest BCUT2D eigenvalue weighted by atomic mass is 19.1. The van der Waals surface area contributed by atoms with Gasteiger partial charge in [-0.2, -0.15) is 0 Å². The predicted octanol–water partition coefficient (Wildman–Crippen LogP) is 3.23. The minimum atomic E-state index is -0.978. The minimum absolute atomic E-state index is 0.0849. The van der Waals surface area contributed by atoms with E-state index in [1.165, 1.54) is 5.56 Å². The summed E-state index contributed by atoms with van der Waals surface area (Å²) in [5, 5.41) is 0. The number of benzene rings is 1. The molecule has 1 saturated carbocycles. The second-order valence-electron chi connectivity index (χ2n) is 4.99. The summed E-state index contributed by atoms with van der Waals surface area (Å²) in [7, 11) is 0. The summed E-state index contributed by atoms with van der Waals surface area (Å²) in [6.07, 6.45) is 4.62. The molecule has 1 fully saturated rings. The Morgan fingerprint density at radius 1 is 1.31 bits per heavy atom. The number of nitrogens with two attached hydrogens (primary N) is 1. The second-order valence-corrected chi connectivity index (χ2v) is 4.99. The number of alkyl halides is 1. The van der Waals surface area contributed by atoms with Gasteiger partial charge in [-0.15, -0.1) is 0 Å². The van der Waals surface area contributed by atoms with E-state index in [2.05, 4.69) is 12.1 Å². The van der Waals surface area contributed by atoms with Gasteiger partial charge in [-0.05, 0) is 44.1 Å². The molecular formula is C14H20FN. The topological polar surface area (TPSA) is 26.0 Å². The molecule has 0 saturated heterocycles. The number of hydrogen-bond acceptors (Lipinski definition) is 1. The van der Waals surface area contributed by atoms with Crippen LogP contribution in [-0.4, -0.2) is 11.7 Å². The van der Waals surface area contributed by atoms with E-state index in [0.717, 1.165) is 19.3 Å². The third-order valence-electron chi connectivity index (χ3n) is 3.52. The van der Waals surface area contributed by atoms with Crippen LogP contribution >= 0.6 is 0 Å². The summed E-state index contributed by atoms with van der Waals surface area (Å²) in [4.78, 5) is 0. The van der Waals surface area contributed by atoms with Gasteiger partial charge in [0.05, 0.1) is 0 Å². The van der Waals surface area contributed by atoms with Crippen molar-refractivity contribution in [1.82, 2.24) is 0 Å². The Labute approximate surface area is 96.9 Å². The van der Waals surface area contributed by atoms with E-state index in [9.17, 15) is 4.39 Å². The van der Waals surface area contributed by atoms with Crippen molar-refractivity contribution in [2.24, 2.45) is 5.73 Å². The first kappa shape index (κ1) is 11.6. The normalized spacial score (nSPS) is 29.5. The Morgan fingerprint density at radius 2 is 2.06 bits per heavy atom. The second kappa shape index (κ2) is 4.96. The van der Waals surface area contributed by atoms with Gasteiger partial charge in [-0.1, -0.05) is 30.3 Å². The molecule has 2 heteroatoms. The molecule has 1 aromatic rings. The zero-order valence-electron chi connectivity index (χ0n) is 9.66. The van der Waals surface area contributed by atoms with Crippen LogP contribution in [0.1, 0.15) is 37.7 Å². The van der Waals surface area contributed by atoms with E-state index in [1.54, 1.807) is 0 Å². The SMILES string of the molecule is NC1CCC(F)(CCCc2ccccc2)C1. The van der Waals surface area contributed by atoms with Crippen LogP contribution in [0.3, 0.4) is 0 Å². The summed E-state index contributed by atoms with van der Waals surface area (Å²) in [6.45, 7) is 0. The lowest BCUT2D eigenvalue weighted by Gasteiger charge is -2.18. The average Bonchev–Trinajstić information content (AvgIpc) is 2.60. The van der Waals surface area contributed by atoms with Gasteiger partial charge >= 0.3 is 0 Å². The Kier molecular flexibility index (Phi) is 3.59. The molecule has 2 N–H and O–H groups in total. The molecule has 1 nitrogen and oxygen atoms in total. The Balaban J connectivity index is 1.76. The Hall–Kier alpha value is -0.890. The Morgan fingerprint density at radius 3 is 2.69 bits per heavy atom. The molecule has 0 bridgehead atoms. The molecule has 1 aromatic carbocycles. The quantitative estimate of drug-likeness (QED) is 0.830. The van der Waals surface area contributed by atoms with Crippen molar-refractivity contribution in [2.75, 3.05) is 0 Å². The smallest absolute Gasteiger partial charge is 0.112 e. The molecule has 2 unspecified atom stereocenters. The van der Waals surface area contributed by atoms with Gasteiger partial charge in [0.1, 0.15) is 5.67 Å². The standard InChI is InChI=1S/C14H20FN/c15-14(10-8-13(16)11-14)9-4-7-12-5-2-1-3-6-12/h1-3,5-6,13H,4,7-11,16H2. The van der Waals surface area contributed by atoms with Crippen LogP contribution in [0, 0.1) is 0 Å². The van der Waals surface area contributed by atoms with Crippen molar-refractivity contribution in [3.05, 3.63) is 35.9 Å². The third kappa shape index (κ3) is 3.05. The summed E-state index contributed by atoms with van der Waals surface area (Å²) in [6, 6.07) is 10.4. The van der Waals surface area contributed by atoms with Crippen LogP contribution in [0.2, 0.25) is 0 Å². The van der Waals surface area contributed by atoms with Crippen LogP contribution in [0.4, 0.5) is 4.39 Å². The maximum Gasteiger partial charge on any atom is 0.112 e. The van der Waals surface area contributed by atoms with Gasteiger partial charge in [0.15, 0.2) is 0 Å². The van der Waals surface area contributed by atoms with E-state index in [0.29, 0.717) is 19.3 Å². The molecule has 2 atom stereocenters. The molecule has 16 heavy (non-hydrogen) atoms. The highest BCUT2D eigenvalue weighted by Crippen LogP contribution is 2.36. The first-order valence-electron chi connectivity index (χ1n) is 6.16. The van der Waals surface area contributed by atoms with Crippen LogP contribution in [0.15, 0.2) is 30.3 Å². The summed E-state index contributed by atoms with van der Waals surface area (Å²) in [5.41, 5.74) is 6.07. The lowest BCUT2D eigenvalue weighted by molar-refractivity contribution is 0.153. The highest BCUT2D eigenvalue weighted by Gasteiger charge is 2.36. The maximum atomic E-state index is 14.2. The van der Waals surface area contributed by atoms with Gasteiger partial charge in [0.2, 0.25) is 0 Å². The fourth-order valence-corrected chi connectivity index (χ4v) is 2.60. The summed E-state index contributed by atoms with van der Waals surface area (Å²) < 4.78 is 14.2. The van der Waals surface area contributed by atoms with Crippen molar-refractivity contribution in [1.29, 1.82) is 0 Å². The maximum absolute atomic E-state index is 14.2. The molecule has 0 spiro atoms. The molecule has 88 valence electrons. The van der Waals surface area contributed by atoms with E-state index >= 15 is 0 Å².